The fourth-order valence-corrected chi connectivity index (χ4v) is 5.97. The van der Waals surface area contributed by atoms with Crippen molar-refractivity contribution < 1.29 is 10.2 Å². The summed E-state index contributed by atoms with van der Waals surface area (Å²) in [6, 6.07) is 6.40. The van der Waals surface area contributed by atoms with E-state index in [4.69, 9.17) is 0 Å². The average Bonchev–Trinajstić information content (AvgIpc) is 2.92. The molecule has 4 heterocycles. The van der Waals surface area contributed by atoms with Gasteiger partial charge in [-0.15, -0.1) is 0 Å². The molecule has 4 heteroatoms. The summed E-state index contributed by atoms with van der Waals surface area (Å²) in [5, 5.41) is 21.2. The van der Waals surface area contributed by atoms with E-state index in [1.165, 1.54) is 30.5 Å². The van der Waals surface area contributed by atoms with E-state index in [1.54, 1.807) is 6.07 Å². The minimum atomic E-state index is 0.206. The van der Waals surface area contributed by atoms with Crippen molar-refractivity contribution in [1.29, 1.82) is 0 Å². The van der Waals surface area contributed by atoms with Crippen molar-refractivity contribution in [3.63, 3.8) is 0 Å². The number of H-pyrrole nitrogens is 1. The maximum Gasteiger partial charge on any atom is 0.116 e. The van der Waals surface area contributed by atoms with Gasteiger partial charge in [0.1, 0.15) is 5.75 Å². The lowest BCUT2D eigenvalue weighted by Gasteiger charge is -2.55. The molecule has 1 saturated carbocycles. The van der Waals surface area contributed by atoms with Crippen LogP contribution in [0.15, 0.2) is 18.2 Å². The maximum absolute atomic E-state index is 10.1. The first-order valence-corrected chi connectivity index (χ1v) is 9.39. The molecule has 24 heavy (non-hydrogen) atoms. The van der Waals surface area contributed by atoms with Crippen LogP contribution in [0.2, 0.25) is 0 Å². The number of nitrogens with one attached hydrogen (secondary N) is 1. The number of aromatic hydroxyl groups is 1. The number of phenols is 1. The number of nitrogens with zero attached hydrogens (tertiary/aromatic N) is 1. The molecule has 2 aromatic rings. The number of aromatic amines is 1. The average molecular weight is 326 g/mol. The number of aliphatic hydroxyl groups is 1. The summed E-state index contributed by atoms with van der Waals surface area (Å²) in [5.74, 6) is 2.36. The normalized spacial score (nSPS) is 37.4. The van der Waals surface area contributed by atoms with E-state index in [1.807, 2.05) is 12.1 Å². The largest absolute Gasteiger partial charge is 0.508 e. The summed E-state index contributed by atoms with van der Waals surface area (Å²) in [6.45, 7) is 3.68. The van der Waals surface area contributed by atoms with Gasteiger partial charge >= 0.3 is 0 Å². The molecule has 1 aromatic carbocycles. The van der Waals surface area contributed by atoms with Gasteiger partial charge in [-0.25, -0.2) is 0 Å². The van der Waals surface area contributed by atoms with E-state index in [2.05, 4.69) is 16.8 Å². The van der Waals surface area contributed by atoms with Crippen LogP contribution in [0.25, 0.3) is 10.9 Å². The molecule has 2 saturated heterocycles. The van der Waals surface area contributed by atoms with Crippen molar-refractivity contribution in [2.24, 2.45) is 11.8 Å². The van der Waals surface area contributed by atoms with Gasteiger partial charge in [-0.05, 0) is 54.9 Å². The first-order chi connectivity index (χ1) is 11.7. The van der Waals surface area contributed by atoms with Gasteiger partial charge in [0.25, 0.3) is 0 Å². The van der Waals surface area contributed by atoms with Crippen LogP contribution in [0.4, 0.5) is 0 Å². The van der Waals surface area contributed by atoms with Crippen molar-refractivity contribution in [2.75, 3.05) is 13.2 Å². The van der Waals surface area contributed by atoms with Crippen LogP contribution in [0.3, 0.4) is 0 Å². The molecule has 0 amide bonds. The Morgan fingerprint density at radius 3 is 2.96 bits per heavy atom. The van der Waals surface area contributed by atoms with Gasteiger partial charge < -0.3 is 15.2 Å². The molecule has 3 N–H and O–H groups in total. The lowest BCUT2D eigenvalue weighted by Crippen LogP contribution is -2.59. The minimum absolute atomic E-state index is 0.206. The number of aliphatic hydroxyl groups excluding tert-OH is 1. The third kappa shape index (κ3) is 1.93. The van der Waals surface area contributed by atoms with E-state index < -0.39 is 0 Å². The van der Waals surface area contributed by atoms with E-state index >= 15 is 0 Å². The second-order valence-corrected chi connectivity index (χ2v) is 8.09. The first-order valence-electron chi connectivity index (χ1n) is 9.39. The molecule has 6 atom stereocenters. The quantitative estimate of drug-likeness (QED) is 0.795. The summed E-state index contributed by atoms with van der Waals surface area (Å²) < 4.78 is 0. The standard InChI is InChI=1S/C20H26N2O2/c1-2-12-5-11-6-17-19-16(7-13(10-23)22(9-11)20(12)17)15-8-14(24)3-4-18(15)21-19/h3-4,8,11-13,17,20-21,23-24H,2,5-7,9-10H2,1H3/t11-,12?,13?,17-,20?/m0/s1. The maximum atomic E-state index is 10.1. The molecule has 4 aliphatic rings. The van der Waals surface area contributed by atoms with Crippen LogP contribution >= 0.6 is 0 Å². The molecule has 1 aliphatic carbocycles. The second-order valence-electron chi connectivity index (χ2n) is 8.09. The van der Waals surface area contributed by atoms with Crippen molar-refractivity contribution in [2.45, 2.75) is 50.6 Å². The molecule has 3 aliphatic heterocycles. The van der Waals surface area contributed by atoms with Crippen LogP contribution in [-0.4, -0.2) is 45.3 Å². The molecule has 0 spiro atoms. The highest BCUT2D eigenvalue weighted by Crippen LogP contribution is 2.52. The molecule has 4 bridgehead atoms. The Labute approximate surface area is 142 Å². The predicted octanol–water partition coefficient (Wildman–Crippen LogP) is 2.99. The summed E-state index contributed by atoms with van der Waals surface area (Å²) in [4.78, 5) is 6.32. The predicted molar refractivity (Wildman–Crippen MR) is 94.3 cm³/mol. The summed E-state index contributed by atoms with van der Waals surface area (Å²) in [6.07, 6.45) is 4.72. The van der Waals surface area contributed by atoms with Crippen LogP contribution < -0.4 is 0 Å². The van der Waals surface area contributed by atoms with E-state index in [-0.39, 0.29) is 12.6 Å². The van der Waals surface area contributed by atoms with Gasteiger partial charge in [0.05, 0.1) is 6.61 Å². The monoisotopic (exact) mass is 326 g/mol. The topological polar surface area (TPSA) is 59.5 Å². The number of hydrogen-bond donors (Lipinski definition) is 3. The molecule has 6 rings (SSSR count). The highest BCUT2D eigenvalue weighted by atomic mass is 16.3. The molecule has 4 unspecified atom stereocenters. The van der Waals surface area contributed by atoms with Crippen LogP contribution in [0.5, 0.6) is 5.75 Å². The summed E-state index contributed by atoms with van der Waals surface area (Å²) in [5.41, 5.74) is 3.83. The number of benzene rings is 1. The molecule has 3 fully saturated rings. The van der Waals surface area contributed by atoms with Crippen molar-refractivity contribution in [1.82, 2.24) is 9.88 Å². The lowest BCUT2D eigenvalue weighted by atomic mass is 9.65. The Kier molecular flexibility index (Phi) is 3.23. The molecule has 4 nitrogen and oxygen atoms in total. The zero-order valence-electron chi connectivity index (χ0n) is 14.2. The van der Waals surface area contributed by atoms with E-state index in [0.29, 0.717) is 17.7 Å². The molecule has 128 valence electrons. The summed E-state index contributed by atoms with van der Waals surface area (Å²) >= 11 is 0. The Morgan fingerprint density at radius 2 is 2.17 bits per heavy atom. The van der Waals surface area contributed by atoms with E-state index in [9.17, 15) is 10.2 Å². The Balaban J connectivity index is 1.71. The van der Waals surface area contributed by atoms with Gasteiger partial charge in [-0.2, -0.15) is 0 Å². The lowest BCUT2D eigenvalue weighted by molar-refractivity contribution is -0.0512. The Bertz CT molecular complexity index is 783. The smallest absolute Gasteiger partial charge is 0.116 e. The molecular weight excluding hydrogens is 300 g/mol. The SMILES string of the molecule is CCC1C[C@H]2C[C@H]3c4[nH]c5ccc(O)cc5c4CC(CO)N(C2)C13. The second kappa shape index (κ2) is 5.24. The van der Waals surface area contributed by atoms with Crippen LogP contribution in [0, 0.1) is 11.8 Å². The third-order valence-electron chi connectivity index (χ3n) is 6.91. The zero-order valence-corrected chi connectivity index (χ0v) is 14.2. The Hall–Kier alpha value is -1.52. The van der Waals surface area contributed by atoms with Crippen molar-refractivity contribution >= 4 is 10.9 Å². The molecule has 1 aromatic heterocycles. The van der Waals surface area contributed by atoms with Crippen molar-refractivity contribution in [3.05, 3.63) is 29.5 Å². The van der Waals surface area contributed by atoms with Crippen LogP contribution in [0.1, 0.15) is 43.4 Å². The Morgan fingerprint density at radius 1 is 1.29 bits per heavy atom. The van der Waals surface area contributed by atoms with Gasteiger partial charge in [-0.1, -0.05) is 13.3 Å². The minimum Gasteiger partial charge on any atom is -0.508 e. The third-order valence-corrected chi connectivity index (χ3v) is 6.91. The highest BCUT2D eigenvalue weighted by molar-refractivity contribution is 5.86. The number of phenolic OH excluding ortho intramolecular Hbond substituents is 1. The fraction of sp³-hybridized carbons (Fsp3) is 0.600. The number of aromatic nitrogens is 1. The first kappa shape index (κ1) is 14.8. The molecule has 0 radical (unpaired) electrons. The molecular formula is C20H26N2O2. The number of rotatable bonds is 2. The van der Waals surface area contributed by atoms with Crippen molar-refractivity contribution in [3.8, 4) is 5.75 Å². The van der Waals surface area contributed by atoms with E-state index in [0.717, 1.165) is 35.7 Å². The van der Waals surface area contributed by atoms with Crippen LogP contribution in [-0.2, 0) is 6.42 Å². The highest BCUT2D eigenvalue weighted by Gasteiger charge is 2.51. The van der Waals surface area contributed by atoms with Gasteiger partial charge in [-0.3, -0.25) is 4.90 Å². The zero-order chi connectivity index (χ0) is 16.4. The summed E-state index contributed by atoms with van der Waals surface area (Å²) in [7, 11) is 0. The number of fused-ring (bicyclic) bond motifs is 4. The number of piperidine rings is 2. The number of hydrogen-bond acceptors (Lipinski definition) is 3. The van der Waals surface area contributed by atoms with Gasteiger partial charge in [0.15, 0.2) is 0 Å². The fourth-order valence-electron chi connectivity index (χ4n) is 5.97. The van der Waals surface area contributed by atoms with Gasteiger partial charge in [0.2, 0.25) is 0 Å². The van der Waals surface area contributed by atoms with Gasteiger partial charge in [0, 0.05) is 41.1 Å².